The van der Waals surface area contributed by atoms with Crippen LogP contribution in [0, 0.1) is 0 Å². The summed E-state index contributed by atoms with van der Waals surface area (Å²) < 4.78 is 22.9. The number of aromatic nitrogens is 3. The number of benzene rings is 1. The molecule has 0 unspecified atom stereocenters. The quantitative estimate of drug-likeness (QED) is 0.772. The van der Waals surface area contributed by atoms with Gasteiger partial charge >= 0.3 is 0 Å². The third-order valence-electron chi connectivity index (χ3n) is 3.08. The van der Waals surface area contributed by atoms with Crippen molar-refractivity contribution in [1.29, 1.82) is 0 Å². The zero-order chi connectivity index (χ0) is 15.0. The van der Waals surface area contributed by atoms with E-state index in [1.165, 1.54) is 24.5 Å². The van der Waals surface area contributed by atoms with E-state index < -0.39 is 9.84 Å². The van der Waals surface area contributed by atoms with Gasteiger partial charge in [0.25, 0.3) is 0 Å². The smallest absolute Gasteiger partial charge is 0.249 e. The van der Waals surface area contributed by atoms with Crippen LogP contribution in [0.5, 0.6) is 0 Å². The molecule has 0 amide bonds. The fourth-order valence-electron chi connectivity index (χ4n) is 2.06. The Bertz CT molecular complexity index is 976. The fraction of sp³-hybridized carbons (Fsp3) is 0.0714. The summed E-state index contributed by atoms with van der Waals surface area (Å²) in [4.78, 5) is 22.4. The number of rotatable bonds is 2. The van der Waals surface area contributed by atoms with E-state index in [1.54, 1.807) is 18.2 Å². The molecule has 3 rings (SSSR count). The van der Waals surface area contributed by atoms with Crippen LogP contribution < -0.4 is 5.56 Å². The summed E-state index contributed by atoms with van der Waals surface area (Å²) >= 11 is 0. The lowest BCUT2D eigenvalue weighted by Gasteiger charge is -2.05. The van der Waals surface area contributed by atoms with Crippen molar-refractivity contribution < 1.29 is 8.42 Å². The molecule has 0 atom stereocenters. The van der Waals surface area contributed by atoms with Crippen LogP contribution in [0.4, 0.5) is 0 Å². The van der Waals surface area contributed by atoms with Gasteiger partial charge in [-0.05, 0) is 18.2 Å². The van der Waals surface area contributed by atoms with Crippen molar-refractivity contribution in [2.45, 2.75) is 4.90 Å². The number of pyridine rings is 1. The summed E-state index contributed by atoms with van der Waals surface area (Å²) in [5, 5.41) is 0.698. The first kappa shape index (κ1) is 13.4. The monoisotopic (exact) mass is 301 g/mol. The second-order valence-electron chi connectivity index (χ2n) is 4.60. The molecular weight excluding hydrogens is 290 g/mol. The molecule has 106 valence electrons. The lowest BCUT2D eigenvalue weighted by Crippen LogP contribution is -2.04. The minimum Gasteiger partial charge on any atom is -0.306 e. The van der Waals surface area contributed by atoms with Crippen LogP contribution in [0.3, 0.4) is 0 Å². The Hall–Kier alpha value is -2.54. The Morgan fingerprint density at radius 1 is 1.00 bits per heavy atom. The third kappa shape index (κ3) is 2.55. The Kier molecular flexibility index (Phi) is 3.06. The van der Waals surface area contributed by atoms with Crippen molar-refractivity contribution in [3.05, 3.63) is 53.1 Å². The van der Waals surface area contributed by atoms with Gasteiger partial charge in [-0.3, -0.25) is 4.79 Å². The molecule has 3 aromatic rings. The average molecular weight is 301 g/mol. The Labute approximate surface area is 120 Å². The molecule has 0 aliphatic carbocycles. The van der Waals surface area contributed by atoms with E-state index in [2.05, 4.69) is 15.0 Å². The minimum atomic E-state index is -3.23. The van der Waals surface area contributed by atoms with Gasteiger partial charge in [0, 0.05) is 23.3 Å². The molecule has 6 nitrogen and oxygen atoms in total. The molecule has 0 bridgehead atoms. The first-order valence-electron chi connectivity index (χ1n) is 6.10. The second kappa shape index (κ2) is 4.78. The lowest BCUT2D eigenvalue weighted by atomic mass is 10.1. The van der Waals surface area contributed by atoms with E-state index in [9.17, 15) is 13.2 Å². The number of sulfone groups is 1. The maximum atomic E-state index is 11.5. The zero-order valence-corrected chi connectivity index (χ0v) is 11.9. The Morgan fingerprint density at radius 2 is 1.71 bits per heavy atom. The molecule has 1 N–H and O–H groups in total. The van der Waals surface area contributed by atoms with E-state index >= 15 is 0 Å². The molecule has 0 aliphatic heterocycles. The molecule has 2 heterocycles. The summed E-state index contributed by atoms with van der Waals surface area (Å²) in [5.74, 6) is 0. The highest BCUT2D eigenvalue weighted by atomic mass is 32.2. The first-order valence-corrected chi connectivity index (χ1v) is 7.99. The van der Waals surface area contributed by atoms with Crippen LogP contribution in [0.1, 0.15) is 0 Å². The summed E-state index contributed by atoms with van der Waals surface area (Å²) in [5.41, 5.74) is 1.59. The zero-order valence-electron chi connectivity index (χ0n) is 11.1. The van der Waals surface area contributed by atoms with Gasteiger partial charge in [-0.2, -0.15) is 0 Å². The van der Waals surface area contributed by atoms with Gasteiger partial charge in [0.1, 0.15) is 12.0 Å². The normalized spacial score (nSPS) is 11.7. The molecule has 0 fully saturated rings. The molecule has 7 heteroatoms. The van der Waals surface area contributed by atoms with Gasteiger partial charge in [-0.15, -0.1) is 0 Å². The van der Waals surface area contributed by atoms with Crippen molar-refractivity contribution in [3.63, 3.8) is 0 Å². The predicted octanol–water partition coefficient (Wildman–Crippen LogP) is 1.39. The highest BCUT2D eigenvalue weighted by molar-refractivity contribution is 7.90. The lowest BCUT2D eigenvalue weighted by molar-refractivity contribution is 0.602. The van der Waals surface area contributed by atoms with Crippen LogP contribution in [0.25, 0.3) is 22.3 Å². The van der Waals surface area contributed by atoms with Gasteiger partial charge in [0.15, 0.2) is 9.84 Å². The van der Waals surface area contributed by atoms with Crippen molar-refractivity contribution >= 4 is 20.9 Å². The van der Waals surface area contributed by atoms with Crippen molar-refractivity contribution in [3.8, 4) is 11.3 Å². The van der Waals surface area contributed by atoms with Crippen molar-refractivity contribution in [2.24, 2.45) is 0 Å². The average Bonchev–Trinajstić information content (AvgIpc) is 2.45. The highest BCUT2D eigenvalue weighted by Gasteiger charge is 2.10. The SMILES string of the molecule is CS(=O)(=O)c1ccc(-c2ncnc3[nH]c(=O)ccc23)cc1. The Morgan fingerprint density at radius 3 is 2.38 bits per heavy atom. The molecule has 1 aromatic carbocycles. The minimum absolute atomic E-state index is 0.237. The van der Waals surface area contributed by atoms with E-state index in [0.717, 1.165) is 11.8 Å². The van der Waals surface area contributed by atoms with Gasteiger partial charge in [0.2, 0.25) is 5.56 Å². The van der Waals surface area contributed by atoms with Crippen LogP contribution in [-0.4, -0.2) is 29.6 Å². The van der Waals surface area contributed by atoms with Gasteiger partial charge in [0.05, 0.1) is 10.6 Å². The predicted molar refractivity (Wildman–Crippen MR) is 78.7 cm³/mol. The van der Waals surface area contributed by atoms with Crippen LogP contribution in [-0.2, 0) is 9.84 Å². The van der Waals surface area contributed by atoms with E-state index in [1.807, 2.05) is 0 Å². The number of nitrogens with zero attached hydrogens (tertiary/aromatic N) is 2. The largest absolute Gasteiger partial charge is 0.306 e. The van der Waals surface area contributed by atoms with Crippen LogP contribution in [0.2, 0.25) is 0 Å². The second-order valence-corrected chi connectivity index (χ2v) is 6.62. The highest BCUT2D eigenvalue weighted by Crippen LogP contribution is 2.24. The van der Waals surface area contributed by atoms with Gasteiger partial charge < -0.3 is 4.98 Å². The molecule has 0 radical (unpaired) electrons. The summed E-state index contributed by atoms with van der Waals surface area (Å²) in [7, 11) is -3.23. The Balaban J connectivity index is 2.19. The fourth-order valence-corrected chi connectivity index (χ4v) is 2.69. The number of hydrogen-bond acceptors (Lipinski definition) is 5. The van der Waals surface area contributed by atoms with Crippen LogP contribution >= 0.6 is 0 Å². The number of H-pyrrole nitrogens is 1. The number of aromatic amines is 1. The molecule has 0 aliphatic rings. The van der Waals surface area contributed by atoms with Crippen LogP contribution in [0.15, 0.2) is 52.4 Å². The molecular formula is C14H11N3O3S. The maximum absolute atomic E-state index is 11.5. The molecule has 2 aromatic heterocycles. The number of nitrogens with one attached hydrogen (secondary N) is 1. The number of fused-ring (bicyclic) bond motifs is 1. The van der Waals surface area contributed by atoms with Crippen molar-refractivity contribution in [1.82, 2.24) is 15.0 Å². The third-order valence-corrected chi connectivity index (χ3v) is 4.21. The van der Waals surface area contributed by atoms with E-state index in [-0.39, 0.29) is 10.5 Å². The van der Waals surface area contributed by atoms with Gasteiger partial charge in [-0.1, -0.05) is 12.1 Å². The first-order chi connectivity index (χ1) is 9.95. The topological polar surface area (TPSA) is 92.8 Å². The van der Waals surface area contributed by atoms with E-state index in [4.69, 9.17) is 0 Å². The molecule has 0 saturated heterocycles. The summed E-state index contributed by atoms with van der Waals surface area (Å²) in [6.07, 6.45) is 2.52. The molecule has 0 saturated carbocycles. The van der Waals surface area contributed by atoms with Gasteiger partial charge in [-0.25, -0.2) is 18.4 Å². The van der Waals surface area contributed by atoms with E-state index in [0.29, 0.717) is 16.7 Å². The molecule has 21 heavy (non-hydrogen) atoms. The standard InChI is InChI=1S/C14H11N3O3S/c1-21(19,20)10-4-2-9(3-5-10)13-11-6-7-12(18)17-14(11)16-8-15-13/h2-8H,1H3,(H,15,16,17,18). The summed E-state index contributed by atoms with van der Waals surface area (Å²) in [6.45, 7) is 0. The summed E-state index contributed by atoms with van der Waals surface area (Å²) in [6, 6.07) is 9.48. The van der Waals surface area contributed by atoms with Crippen molar-refractivity contribution in [2.75, 3.05) is 6.26 Å². The maximum Gasteiger partial charge on any atom is 0.249 e. The number of hydrogen-bond donors (Lipinski definition) is 1. The molecule has 0 spiro atoms.